The van der Waals surface area contributed by atoms with Crippen LogP contribution in [0, 0.1) is 5.92 Å². The van der Waals surface area contributed by atoms with Crippen LogP contribution in [-0.4, -0.2) is 60.0 Å². The molecule has 0 bridgehead atoms. The summed E-state index contributed by atoms with van der Waals surface area (Å²) in [5.41, 5.74) is 5.63. The summed E-state index contributed by atoms with van der Waals surface area (Å²) in [6.07, 6.45) is 6.77. The van der Waals surface area contributed by atoms with E-state index in [1.165, 1.54) is 16.3 Å². The highest BCUT2D eigenvalue weighted by Gasteiger charge is 2.50. The quantitative estimate of drug-likeness (QED) is 0.196. The monoisotopic (exact) mass is 638 g/mol. The fraction of sp³-hybridized carbons (Fsp3) is 0.432. The Kier molecular flexibility index (Phi) is 9.72. The third-order valence-corrected chi connectivity index (χ3v) is 14.6. The Labute approximate surface area is 273 Å². The molecule has 0 unspecified atom stereocenters. The average molecular weight is 639 g/mol. The summed E-state index contributed by atoms with van der Waals surface area (Å²) < 4.78 is 14.3. The molecule has 1 saturated heterocycles. The zero-order chi connectivity index (χ0) is 32.3. The van der Waals surface area contributed by atoms with E-state index in [1.807, 2.05) is 34.0 Å². The molecule has 46 heavy (non-hydrogen) atoms. The van der Waals surface area contributed by atoms with E-state index >= 15 is 0 Å². The average Bonchev–Trinajstić information content (AvgIpc) is 3.66. The number of nitrogens with zero attached hydrogens (tertiary/aromatic N) is 4. The van der Waals surface area contributed by atoms with Crippen molar-refractivity contribution in [2.45, 2.75) is 82.8 Å². The molecule has 0 spiro atoms. The van der Waals surface area contributed by atoms with Crippen molar-refractivity contribution in [1.29, 1.82) is 0 Å². The molecule has 2 aliphatic rings. The Hall–Kier alpha value is -3.79. The number of carbonyl (C=O) groups excluding carboxylic acids is 1. The molecule has 8 nitrogen and oxygen atoms in total. The summed E-state index contributed by atoms with van der Waals surface area (Å²) in [7, 11) is -0.253. The van der Waals surface area contributed by atoms with E-state index in [4.69, 9.17) is 9.47 Å². The maximum atomic E-state index is 12.9. The SMILES string of the molecule is COc1ccc([Si](C)(C)[C@H]2[C@H](C)[C@H](CCc3ccc(N4C(=O)CCc5ccccc54)cc3)O[C@@H]2CCn2cc(CCO)nn2)cc1. The second-order valence-corrected chi connectivity index (χ2v) is 18.0. The number of para-hydroxylation sites is 1. The number of methoxy groups -OCH3 is 1. The van der Waals surface area contributed by atoms with Gasteiger partial charge in [0.25, 0.3) is 0 Å². The number of hydrogen-bond acceptors (Lipinski definition) is 6. The van der Waals surface area contributed by atoms with Crippen molar-refractivity contribution >= 4 is 30.5 Å². The van der Waals surface area contributed by atoms with E-state index in [-0.39, 0.29) is 24.7 Å². The number of aliphatic hydroxyl groups excluding tert-OH is 1. The summed E-state index contributed by atoms with van der Waals surface area (Å²) in [5, 5.41) is 19.2. The summed E-state index contributed by atoms with van der Waals surface area (Å²) in [6, 6.07) is 25.4. The predicted molar refractivity (Wildman–Crippen MR) is 184 cm³/mol. The second-order valence-electron chi connectivity index (χ2n) is 13.3. The third kappa shape index (κ3) is 6.68. The molecule has 0 saturated carbocycles. The number of benzene rings is 3. The van der Waals surface area contributed by atoms with Gasteiger partial charge in [0.2, 0.25) is 5.91 Å². The van der Waals surface area contributed by atoms with E-state index in [0.717, 1.165) is 55.0 Å². The van der Waals surface area contributed by atoms with Gasteiger partial charge in [-0.3, -0.25) is 14.4 Å². The first-order valence-corrected chi connectivity index (χ1v) is 19.7. The third-order valence-electron chi connectivity index (χ3n) is 10.2. The Morgan fingerprint density at radius 1 is 0.957 bits per heavy atom. The lowest BCUT2D eigenvalue weighted by atomic mass is 9.95. The van der Waals surface area contributed by atoms with Gasteiger partial charge in [-0.05, 0) is 78.6 Å². The molecule has 3 heterocycles. The Morgan fingerprint density at radius 3 is 2.46 bits per heavy atom. The number of fused-ring (bicyclic) bond motifs is 1. The summed E-state index contributed by atoms with van der Waals surface area (Å²) in [4.78, 5) is 14.8. The number of aliphatic hydroxyl groups is 1. The van der Waals surface area contributed by atoms with Crippen molar-refractivity contribution < 1.29 is 19.4 Å². The van der Waals surface area contributed by atoms with Crippen molar-refractivity contribution in [2.75, 3.05) is 18.6 Å². The fourth-order valence-electron chi connectivity index (χ4n) is 7.68. The summed E-state index contributed by atoms with van der Waals surface area (Å²) in [6.45, 7) is 8.13. The molecule has 1 fully saturated rings. The summed E-state index contributed by atoms with van der Waals surface area (Å²) >= 11 is 0. The number of ether oxygens (including phenoxy) is 2. The molecule has 4 atom stereocenters. The van der Waals surface area contributed by atoms with E-state index in [1.54, 1.807) is 7.11 Å². The molecule has 1 N–H and O–H groups in total. The largest absolute Gasteiger partial charge is 0.497 e. The van der Waals surface area contributed by atoms with Gasteiger partial charge in [-0.25, -0.2) is 0 Å². The molecule has 9 heteroatoms. The molecule has 2 aliphatic heterocycles. The van der Waals surface area contributed by atoms with E-state index in [0.29, 0.717) is 24.3 Å². The van der Waals surface area contributed by atoms with Gasteiger partial charge < -0.3 is 14.6 Å². The van der Waals surface area contributed by atoms with Crippen LogP contribution in [0.25, 0.3) is 0 Å². The normalized spacial score (nSPS) is 21.4. The van der Waals surface area contributed by atoms with Crippen LogP contribution in [-0.2, 0) is 35.3 Å². The first-order chi connectivity index (χ1) is 22.3. The minimum absolute atomic E-state index is 0.0699. The molecule has 0 radical (unpaired) electrons. The van der Waals surface area contributed by atoms with E-state index in [9.17, 15) is 9.90 Å². The first kappa shape index (κ1) is 32.2. The molecule has 242 valence electrons. The maximum absolute atomic E-state index is 12.9. The van der Waals surface area contributed by atoms with Crippen LogP contribution in [0.5, 0.6) is 5.75 Å². The standard InChI is InChI=1S/C37H46N4O4Si/c1-26-34(19-11-27-9-13-30(14-10-27)41-33-8-6-5-7-28(33)12-20-36(41)43)45-35(21-23-40-25-29(22-24-42)38-39-40)37(26)46(3,4)32-17-15-31(44-2)16-18-32/h5-10,13-18,25-26,34-35,37,42H,11-12,19-24H2,1-4H3/t26-,34+,35-,37+/m1/s1. The van der Waals surface area contributed by atoms with Gasteiger partial charge in [-0.1, -0.05) is 72.9 Å². The van der Waals surface area contributed by atoms with Crippen LogP contribution in [0.1, 0.15) is 43.0 Å². The highest BCUT2D eigenvalue weighted by molar-refractivity contribution is 6.91. The molecular weight excluding hydrogens is 593 g/mol. The van der Waals surface area contributed by atoms with E-state index < -0.39 is 8.07 Å². The van der Waals surface area contributed by atoms with Gasteiger partial charge in [0, 0.05) is 37.9 Å². The van der Waals surface area contributed by atoms with Crippen molar-refractivity contribution in [1.82, 2.24) is 15.0 Å². The zero-order valence-electron chi connectivity index (χ0n) is 27.4. The molecule has 4 aromatic rings. The van der Waals surface area contributed by atoms with Gasteiger partial charge >= 0.3 is 0 Å². The number of aryl methyl sites for hydroxylation is 3. The second kappa shape index (κ2) is 13.9. The lowest BCUT2D eigenvalue weighted by Crippen LogP contribution is -2.50. The predicted octanol–water partition coefficient (Wildman–Crippen LogP) is 5.84. The lowest BCUT2D eigenvalue weighted by molar-refractivity contribution is -0.118. The van der Waals surface area contributed by atoms with Crippen molar-refractivity contribution in [2.24, 2.45) is 5.92 Å². The van der Waals surface area contributed by atoms with Crippen LogP contribution in [0.2, 0.25) is 18.6 Å². The summed E-state index contributed by atoms with van der Waals surface area (Å²) in [5.74, 6) is 1.43. The number of anilines is 2. The minimum atomic E-state index is -1.96. The number of amides is 1. The van der Waals surface area contributed by atoms with Gasteiger partial charge in [0.1, 0.15) is 5.75 Å². The molecule has 1 amide bonds. The molecule has 3 aromatic carbocycles. The zero-order valence-corrected chi connectivity index (χ0v) is 28.4. The van der Waals surface area contributed by atoms with Crippen molar-refractivity contribution in [3.05, 3.63) is 95.8 Å². The topological polar surface area (TPSA) is 89.7 Å². The molecule has 0 aliphatic carbocycles. The Bertz CT molecular complexity index is 1620. The van der Waals surface area contributed by atoms with Crippen molar-refractivity contribution in [3.63, 3.8) is 0 Å². The maximum Gasteiger partial charge on any atom is 0.231 e. The number of rotatable bonds is 12. The minimum Gasteiger partial charge on any atom is -0.497 e. The lowest BCUT2D eigenvalue weighted by Gasteiger charge is -2.36. The van der Waals surface area contributed by atoms with Gasteiger partial charge in [0.05, 0.1) is 38.8 Å². The van der Waals surface area contributed by atoms with E-state index in [2.05, 4.69) is 84.9 Å². The number of carbonyl (C=O) groups is 1. The smallest absolute Gasteiger partial charge is 0.231 e. The van der Waals surface area contributed by atoms with Crippen LogP contribution in [0.4, 0.5) is 11.4 Å². The highest BCUT2D eigenvalue weighted by Crippen LogP contribution is 2.46. The number of aromatic nitrogens is 3. The van der Waals surface area contributed by atoms with Gasteiger partial charge in [-0.15, -0.1) is 5.10 Å². The highest BCUT2D eigenvalue weighted by atomic mass is 28.3. The number of hydrogen-bond donors (Lipinski definition) is 1. The Morgan fingerprint density at radius 2 is 1.72 bits per heavy atom. The van der Waals surface area contributed by atoms with Crippen LogP contribution < -0.4 is 14.8 Å². The van der Waals surface area contributed by atoms with Crippen LogP contribution >= 0.6 is 0 Å². The van der Waals surface area contributed by atoms with Crippen molar-refractivity contribution in [3.8, 4) is 5.75 Å². The first-order valence-electron chi connectivity index (χ1n) is 16.6. The van der Waals surface area contributed by atoms with Crippen LogP contribution in [0.3, 0.4) is 0 Å². The molecular formula is C37H46N4O4Si. The van der Waals surface area contributed by atoms with Gasteiger partial charge in [0.15, 0.2) is 0 Å². The molecule has 6 rings (SSSR count). The van der Waals surface area contributed by atoms with Gasteiger partial charge in [-0.2, -0.15) is 0 Å². The van der Waals surface area contributed by atoms with Crippen LogP contribution in [0.15, 0.2) is 79.0 Å². The fourth-order valence-corrected chi connectivity index (χ4v) is 11.8. The Balaban J connectivity index is 1.17. The molecule has 1 aromatic heterocycles.